The predicted octanol–water partition coefficient (Wildman–Crippen LogP) is -0.220. The largest absolute Gasteiger partial charge is 0.394 e. The molecular weight excluding hydrogens is 190 g/mol. The van der Waals surface area contributed by atoms with Gasteiger partial charge in [-0.1, -0.05) is 5.11 Å². The van der Waals surface area contributed by atoms with Gasteiger partial charge in [-0.3, -0.25) is 0 Å². The molecule has 0 radical (unpaired) electrons. The van der Waals surface area contributed by atoms with Crippen LogP contribution in [-0.2, 0) is 9.47 Å². The van der Waals surface area contributed by atoms with Gasteiger partial charge >= 0.3 is 0 Å². The lowest BCUT2D eigenvalue weighted by atomic mass is 10.00. The number of aliphatic hydroxyl groups excluding tert-OH is 2. The summed E-state index contributed by atoms with van der Waals surface area (Å²) < 4.78 is 10.1. The Morgan fingerprint density at radius 1 is 1.71 bits per heavy atom. The number of rotatable bonds is 3. The molecule has 14 heavy (non-hydrogen) atoms. The molecule has 0 aromatic rings. The molecule has 2 N–H and O–H groups in total. The van der Waals surface area contributed by atoms with Crippen LogP contribution in [0.5, 0.6) is 0 Å². The van der Waals surface area contributed by atoms with Gasteiger partial charge in [-0.15, -0.1) is 0 Å². The van der Waals surface area contributed by atoms with Crippen molar-refractivity contribution < 1.29 is 19.7 Å². The molecule has 1 heterocycles. The second-order valence-corrected chi connectivity index (χ2v) is 3.02. The van der Waals surface area contributed by atoms with E-state index in [9.17, 15) is 5.11 Å². The zero-order chi connectivity index (χ0) is 10.6. The van der Waals surface area contributed by atoms with Crippen LogP contribution in [0.1, 0.15) is 6.42 Å². The summed E-state index contributed by atoms with van der Waals surface area (Å²) in [6.07, 6.45) is -2.00. The Hall–Kier alpha value is -0.850. The lowest BCUT2D eigenvalue weighted by molar-refractivity contribution is -0.224. The molecule has 1 saturated heterocycles. The van der Waals surface area contributed by atoms with Gasteiger partial charge in [0.05, 0.1) is 18.8 Å². The Balaban J connectivity index is 2.69. The maximum Gasteiger partial charge on any atom is 0.158 e. The van der Waals surface area contributed by atoms with Crippen LogP contribution in [-0.4, -0.2) is 48.5 Å². The molecule has 1 aliphatic rings. The SMILES string of the molecule is CO[C@@H]1C[C@@H](N=[N+]=[N-])[C@@H](O)[C@@H](CO)O1. The molecule has 0 unspecified atom stereocenters. The van der Waals surface area contributed by atoms with Gasteiger partial charge in [0.1, 0.15) is 6.10 Å². The van der Waals surface area contributed by atoms with Crippen molar-refractivity contribution in [3.63, 3.8) is 0 Å². The van der Waals surface area contributed by atoms with Crippen molar-refractivity contribution in [2.75, 3.05) is 13.7 Å². The Morgan fingerprint density at radius 2 is 2.43 bits per heavy atom. The second kappa shape index (κ2) is 5.14. The minimum absolute atomic E-state index is 0.290. The first kappa shape index (κ1) is 11.2. The summed E-state index contributed by atoms with van der Waals surface area (Å²) in [6, 6.07) is -0.615. The van der Waals surface area contributed by atoms with Gasteiger partial charge in [0, 0.05) is 18.4 Å². The molecule has 0 spiro atoms. The fourth-order valence-electron chi connectivity index (χ4n) is 1.40. The first-order chi connectivity index (χ1) is 6.72. The van der Waals surface area contributed by atoms with Gasteiger partial charge in [-0.05, 0) is 5.53 Å². The van der Waals surface area contributed by atoms with E-state index in [4.69, 9.17) is 20.1 Å². The first-order valence-corrected chi connectivity index (χ1v) is 4.24. The van der Waals surface area contributed by atoms with Gasteiger partial charge < -0.3 is 19.7 Å². The molecule has 1 fully saturated rings. The summed E-state index contributed by atoms with van der Waals surface area (Å²) >= 11 is 0. The number of methoxy groups -OCH3 is 1. The zero-order valence-corrected chi connectivity index (χ0v) is 7.78. The van der Waals surface area contributed by atoms with E-state index in [0.29, 0.717) is 0 Å². The van der Waals surface area contributed by atoms with Crippen LogP contribution in [0.25, 0.3) is 10.4 Å². The van der Waals surface area contributed by atoms with Crippen LogP contribution in [0.4, 0.5) is 0 Å². The summed E-state index contributed by atoms with van der Waals surface area (Å²) in [5.74, 6) is 0. The number of azide groups is 1. The van der Waals surface area contributed by atoms with Crippen molar-refractivity contribution in [3.05, 3.63) is 10.4 Å². The van der Waals surface area contributed by atoms with Gasteiger partial charge in [0.25, 0.3) is 0 Å². The van der Waals surface area contributed by atoms with Crippen molar-refractivity contribution in [3.8, 4) is 0 Å². The molecule has 7 nitrogen and oxygen atoms in total. The van der Waals surface area contributed by atoms with E-state index in [1.54, 1.807) is 0 Å². The third-order valence-corrected chi connectivity index (χ3v) is 2.18. The van der Waals surface area contributed by atoms with Crippen molar-refractivity contribution in [1.82, 2.24) is 0 Å². The van der Waals surface area contributed by atoms with Crippen LogP contribution in [0, 0.1) is 0 Å². The number of ether oxygens (including phenoxy) is 2. The Morgan fingerprint density at radius 3 is 2.93 bits per heavy atom. The highest BCUT2D eigenvalue weighted by molar-refractivity contribution is 4.87. The normalized spacial score (nSPS) is 37.6. The molecular formula is C7H13N3O4. The fraction of sp³-hybridized carbons (Fsp3) is 1.00. The molecule has 4 atom stereocenters. The lowest BCUT2D eigenvalue weighted by Gasteiger charge is -2.35. The van der Waals surface area contributed by atoms with E-state index in [-0.39, 0.29) is 13.0 Å². The number of hydrogen-bond acceptors (Lipinski definition) is 5. The third-order valence-electron chi connectivity index (χ3n) is 2.18. The average Bonchev–Trinajstić information content (AvgIpc) is 2.21. The van der Waals surface area contributed by atoms with E-state index < -0.39 is 24.5 Å². The molecule has 0 aromatic heterocycles. The number of aliphatic hydroxyl groups is 2. The highest BCUT2D eigenvalue weighted by atomic mass is 16.7. The van der Waals surface area contributed by atoms with E-state index >= 15 is 0 Å². The minimum Gasteiger partial charge on any atom is -0.394 e. The Bertz CT molecular complexity index is 231. The summed E-state index contributed by atoms with van der Waals surface area (Å²) in [5, 5.41) is 21.9. The van der Waals surface area contributed by atoms with Crippen LogP contribution in [0.15, 0.2) is 5.11 Å². The summed E-state index contributed by atoms with van der Waals surface area (Å²) in [6.45, 7) is -0.335. The van der Waals surface area contributed by atoms with E-state index in [1.165, 1.54) is 7.11 Å². The molecule has 0 aliphatic carbocycles. The van der Waals surface area contributed by atoms with Gasteiger partial charge in [0.15, 0.2) is 6.29 Å². The zero-order valence-electron chi connectivity index (χ0n) is 7.78. The molecule has 0 saturated carbocycles. The molecule has 7 heteroatoms. The molecule has 80 valence electrons. The van der Waals surface area contributed by atoms with E-state index in [0.717, 1.165) is 0 Å². The standard InChI is InChI=1S/C7H13N3O4/c1-13-6-2-4(9-10-8)7(12)5(3-11)14-6/h4-7,11-12H,2-3H2,1H3/t4-,5-,6+,7-/m1/s1. The monoisotopic (exact) mass is 203 g/mol. The van der Waals surface area contributed by atoms with Crippen molar-refractivity contribution in [2.45, 2.75) is 31.0 Å². The van der Waals surface area contributed by atoms with Crippen molar-refractivity contribution >= 4 is 0 Å². The Kier molecular flexibility index (Phi) is 4.12. The van der Waals surface area contributed by atoms with E-state index in [2.05, 4.69) is 10.0 Å². The summed E-state index contributed by atoms with van der Waals surface area (Å²) in [7, 11) is 1.45. The average molecular weight is 203 g/mol. The highest BCUT2D eigenvalue weighted by Crippen LogP contribution is 2.23. The quantitative estimate of drug-likeness (QED) is 0.375. The fourth-order valence-corrected chi connectivity index (χ4v) is 1.40. The predicted molar refractivity (Wildman–Crippen MR) is 46.3 cm³/mol. The molecule has 1 aliphatic heterocycles. The van der Waals surface area contributed by atoms with Gasteiger partial charge in [-0.25, -0.2) is 0 Å². The maximum atomic E-state index is 9.57. The van der Waals surface area contributed by atoms with Crippen molar-refractivity contribution in [2.24, 2.45) is 5.11 Å². The first-order valence-electron chi connectivity index (χ1n) is 4.24. The van der Waals surface area contributed by atoms with Crippen LogP contribution < -0.4 is 0 Å². The molecule has 0 aromatic carbocycles. The van der Waals surface area contributed by atoms with Crippen LogP contribution in [0.3, 0.4) is 0 Å². The highest BCUT2D eigenvalue weighted by Gasteiger charge is 2.36. The molecule has 0 amide bonds. The van der Waals surface area contributed by atoms with Crippen molar-refractivity contribution in [1.29, 1.82) is 0 Å². The van der Waals surface area contributed by atoms with E-state index in [1.807, 2.05) is 0 Å². The minimum atomic E-state index is -0.984. The molecule has 0 bridgehead atoms. The van der Waals surface area contributed by atoms with Gasteiger partial charge in [-0.2, -0.15) is 0 Å². The second-order valence-electron chi connectivity index (χ2n) is 3.02. The third kappa shape index (κ3) is 2.34. The number of nitrogens with zero attached hydrogens (tertiary/aromatic N) is 3. The van der Waals surface area contributed by atoms with Crippen LogP contribution in [0.2, 0.25) is 0 Å². The van der Waals surface area contributed by atoms with Crippen LogP contribution >= 0.6 is 0 Å². The summed E-state index contributed by atoms with van der Waals surface area (Å²) in [4.78, 5) is 2.62. The lowest BCUT2D eigenvalue weighted by Crippen LogP contribution is -2.49. The Labute approximate surface area is 80.9 Å². The molecule has 1 rings (SSSR count). The smallest absolute Gasteiger partial charge is 0.158 e. The van der Waals surface area contributed by atoms with Gasteiger partial charge in [0.2, 0.25) is 0 Å². The number of hydrogen-bond donors (Lipinski definition) is 2. The topological polar surface area (TPSA) is 108 Å². The summed E-state index contributed by atoms with van der Waals surface area (Å²) in [5.41, 5.74) is 8.26. The maximum absolute atomic E-state index is 9.57.